The Labute approximate surface area is 196 Å². The number of anilines is 2. The van der Waals surface area contributed by atoms with Crippen LogP contribution in [0.2, 0.25) is 0 Å². The highest BCUT2D eigenvalue weighted by atomic mass is 15.3. The SMILES string of the molecule is N[C@@H]1c2ccccc2CC12CCN(c1cnc(N3CCCCC3c3ccccc3)cn1)CC2. The smallest absolute Gasteiger partial charge is 0.147 e. The van der Waals surface area contributed by atoms with Crippen LogP contribution in [0, 0.1) is 5.41 Å². The summed E-state index contributed by atoms with van der Waals surface area (Å²) in [6.45, 7) is 3.02. The van der Waals surface area contributed by atoms with E-state index in [9.17, 15) is 0 Å². The molecule has 3 aromatic rings. The molecule has 0 bridgehead atoms. The molecule has 1 aliphatic carbocycles. The first-order valence-corrected chi connectivity index (χ1v) is 12.5. The van der Waals surface area contributed by atoms with Gasteiger partial charge in [-0.2, -0.15) is 0 Å². The van der Waals surface area contributed by atoms with Gasteiger partial charge in [0.25, 0.3) is 0 Å². The Morgan fingerprint density at radius 1 is 0.818 bits per heavy atom. The van der Waals surface area contributed by atoms with Crippen LogP contribution in [0.15, 0.2) is 67.0 Å². The topological polar surface area (TPSA) is 58.3 Å². The first-order valence-electron chi connectivity index (χ1n) is 12.5. The van der Waals surface area contributed by atoms with Crippen molar-refractivity contribution in [3.8, 4) is 0 Å². The molecule has 0 amide bonds. The summed E-state index contributed by atoms with van der Waals surface area (Å²) < 4.78 is 0. The molecule has 2 fully saturated rings. The minimum atomic E-state index is 0.151. The maximum Gasteiger partial charge on any atom is 0.147 e. The van der Waals surface area contributed by atoms with Gasteiger partial charge < -0.3 is 15.5 Å². The summed E-state index contributed by atoms with van der Waals surface area (Å²) >= 11 is 0. The van der Waals surface area contributed by atoms with E-state index in [0.29, 0.717) is 6.04 Å². The maximum absolute atomic E-state index is 6.75. The fourth-order valence-electron chi connectivity index (χ4n) is 6.34. The zero-order valence-corrected chi connectivity index (χ0v) is 19.2. The number of nitrogens with zero attached hydrogens (tertiary/aromatic N) is 4. The number of hydrogen-bond acceptors (Lipinski definition) is 5. The van der Waals surface area contributed by atoms with Crippen LogP contribution in [0.25, 0.3) is 0 Å². The number of benzene rings is 2. The van der Waals surface area contributed by atoms with Gasteiger partial charge in [-0.15, -0.1) is 0 Å². The summed E-state index contributed by atoms with van der Waals surface area (Å²) in [5, 5.41) is 0. The van der Waals surface area contributed by atoms with Crippen molar-refractivity contribution < 1.29 is 0 Å². The van der Waals surface area contributed by atoms with Gasteiger partial charge in [0, 0.05) is 25.7 Å². The maximum atomic E-state index is 6.75. The molecule has 170 valence electrons. The summed E-state index contributed by atoms with van der Waals surface area (Å²) in [6.07, 6.45) is 10.9. The highest BCUT2D eigenvalue weighted by Gasteiger charge is 2.45. The summed E-state index contributed by atoms with van der Waals surface area (Å²) in [5.41, 5.74) is 11.1. The lowest BCUT2D eigenvalue weighted by Gasteiger charge is -2.42. The lowest BCUT2D eigenvalue weighted by molar-refractivity contribution is 0.187. The molecule has 0 radical (unpaired) electrons. The van der Waals surface area contributed by atoms with Crippen LogP contribution in [0.3, 0.4) is 0 Å². The van der Waals surface area contributed by atoms with E-state index >= 15 is 0 Å². The fraction of sp³-hybridized carbons (Fsp3) is 0.429. The van der Waals surface area contributed by atoms with Crippen LogP contribution < -0.4 is 15.5 Å². The second-order valence-electron chi connectivity index (χ2n) is 10.1. The first kappa shape index (κ1) is 20.7. The third kappa shape index (κ3) is 3.68. The molecule has 3 aliphatic rings. The predicted octanol–water partition coefficient (Wildman–Crippen LogP) is 5.05. The number of nitrogens with two attached hydrogens (primary N) is 1. The van der Waals surface area contributed by atoms with Crippen molar-refractivity contribution in [2.75, 3.05) is 29.4 Å². The molecule has 6 rings (SSSR count). The van der Waals surface area contributed by atoms with E-state index in [4.69, 9.17) is 15.7 Å². The molecule has 2 aliphatic heterocycles. The van der Waals surface area contributed by atoms with E-state index in [0.717, 1.165) is 50.5 Å². The molecule has 2 N–H and O–H groups in total. The lowest BCUT2D eigenvalue weighted by atomic mass is 9.73. The van der Waals surface area contributed by atoms with Crippen LogP contribution in [0.5, 0.6) is 0 Å². The van der Waals surface area contributed by atoms with Gasteiger partial charge in [0.15, 0.2) is 0 Å². The standard InChI is InChI=1S/C28H33N5/c29-27-23-11-5-4-10-22(23)18-28(27)13-16-32(17-14-28)25-19-31-26(20-30-25)33-15-7-6-12-24(33)21-8-2-1-3-9-21/h1-5,8-11,19-20,24,27H,6-7,12-18,29H2/t24?,27-/m1/s1. The van der Waals surface area contributed by atoms with Gasteiger partial charge in [-0.3, -0.25) is 0 Å². The monoisotopic (exact) mass is 439 g/mol. The minimum Gasteiger partial charge on any atom is -0.355 e. The van der Waals surface area contributed by atoms with Crippen LogP contribution >= 0.6 is 0 Å². The number of aromatic nitrogens is 2. The molecule has 33 heavy (non-hydrogen) atoms. The Morgan fingerprint density at radius 2 is 1.55 bits per heavy atom. The highest BCUT2D eigenvalue weighted by Crippen LogP contribution is 2.50. The molecule has 3 heterocycles. The second-order valence-corrected chi connectivity index (χ2v) is 10.1. The first-order chi connectivity index (χ1) is 16.2. The summed E-state index contributed by atoms with van der Waals surface area (Å²) in [6, 6.07) is 20.1. The zero-order chi connectivity index (χ0) is 22.3. The predicted molar refractivity (Wildman–Crippen MR) is 133 cm³/mol. The van der Waals surface area contributed by atoms with Gasteiger partial charge in [-0.1, -0.05) is 54.6 Å². The molecule has 1 spiro atoms. The Hall–Kier alpha value is -2.92. The zero-order valence-electron chi connectivity index (χ0n) is 19.2. The third-order valence-electron chi connectivity index (χ3n) is 8.28. The molecule has 5 nitrogen and oxygen atoms in total. The molecule has 2 saturated heterocycles. The summed E-state index contributed by atoms with van der Waals surface area (Å²) in [7, 11) is 0. The van der Waals surface area contributed by atoms with Crippen molar-refractivity contribution in [1.29, 1.82) is 0 Å². The van der Waals surface area contributed by atoms with Gasteiger partial charge in [0.05, 0.1) is 18.4 Å². The van der Waals surface area contributed by atoms with Crippen LogP contribution in [-0.4, -0.2) is 29.6 Å². The van der Waals surface area contributed by atoms with Crippen molar-refractivity contribution in [2.45, 2.75) is 50.6 Å². The van der Waals surface area contributed by atoms with Crippen molar-refractivity contribution in [1.82, 2.24) is 9.97 Å². The Kier molecular flexibility index (Phi) is 5.30. The Balaban J connectivity index is 1.15. The average Bonchev–Trinajstić information content (AvgIpc) is 3.16. The van der Waals surface area contributed by atoms with E-state index in [1.807, 2.05) is 12.4 Å². The largest absolute Gasteiger partial charge is 0.355 e. The van der Waals surface area contributed by atoms with Crippen molar-refractivity contribution in [3.05, 3.63) is 83.7 Å². The molecule has 2 aromatic carbocycles. The van der Waals surface area contributed by atoms with Crippen molar-refractivity contribution >= 4 is 11.6 Å². The van der Waals surface area contributed by atoms with E-state index in [1.165, 1.54) is 36.0 Å². The van der Waals surface area contributed by atoms with Crippen LogP contribution in [-0.2, 0) is 6.42 Å². The molecular formula is C28H33N5. The normalized spacial score (nSPS) is 24.2. The lowest BCUT2D eigenvalue weighted by Crippen LogP contribution is -2.44. The number of hydrogen-bond donors (Lipinski definition) is 1. The third-order valence-corrected chi connectivity index (χ3v) is 8.28. The molecule has 1 aromatic heterocycles. The summed E-state index contributed by atoms with van der Waals surface area (Å²) in [4.78, 5) is 14.6. The average molecular weight is 440 g/mol. The van der Waals surface area contributed by atoms with E-state index in [-0.39, 0.29) is 11.5 Å². The number of piperidine rings is 2. The Morgan fingerprint density at radius 3 is 2.30 bits per heavy atom. The highest BCUT2D eigenvalue weighted by molar-refractivity contribution is 5.47. The van der Waals surface area contributed by atoms with E-state index < -0.39 is 0 Å². The summed E-state index contributed by atoms with van der Waals surface area (Å²) in [5.74, 6) is 1.99. The van der Waals surface area contributed by atoms with Gasteiger partial charge in [-0.05, 0) is 60.6 Å². The molecule has 2 atom stereocenters. The van der Waals surface area contributed by atoms with E-state index in [1.54, 1.807) is 0 Å². The van der Waals surface area contributed by atoms with Crippen LogP contribution in [0.4, 0.5) is 11.6 Å². The van der Waals surface area contributed by atoms with E-state index in [2.05, 4.69) is 64.4 Å². The number of fused-ring (bicyclic) bond motifs is 1. The quantitative estimate of drug-likeness (QED) is 0.619. The second kappa shape index (κ2) is 8.45. The van der Waals surface area contributed by atoms with Gasteiger partial charge >= 0.3 is 0 Å². The van der Waals surface area contributed by atoms with Crippen molar-refractivity contribution in [2.24, 2.45) is 11.1 Å². The minimum absolute atomic E-state index is 0.151. The van der Waals surface area contributed by atoms with Crippen LogP contribution in [0.1, 0.15) is 60.9 Å². The Bertz CT molecular complexity index is 1090. The fourth-order valence-corrected chi connectivity index (χ4v) is 6.34. The van der Waals surface area contributed by atoms with Gasteiger partial charge in [0.1, 0.15) is 11.6 Å². The van der Waals surface area contributed by atoms with Crippen molar-refractivity contribution in [3.63, 3.8) is 0 Å². The molecule has 0 saturated carbocycles. The molecule has 1 unspecified atom stereocenters. The molecular weight excluding hydrogens is 406 g/mol. The van der Waals surface area contributed by atoms with Gasteiger partial charge in [-0.25, -0.2) is 9.97 Å². The number of rotatable bonds is 3. The van der Waals surface area contributed by atoms with Gasteiger partial charge in [0.2, 0.25) is 0 Å². The molecule has 5 heteroatoms.